The van der Waals surface area contributed by atoms with Crippen molar-refractivity contribution in [2.75, 3.05) is 0 Å². The van der Waals surface area contributed by atoms with Gasteiger partial charge in [0.15, 0.2) is 11.5 Å². The van der Waals surface area contributed by atoms with Crippen LogP contribution in [0.5, 0.6) is 0 Å². The van der Waals surface area contributed by atoms with Crippen molar-refractivity contribution in [1.82, 2.24) is 14.6 Å². The van der Waals surface area contributed by atoms with Gasteiger partial charge in [-0.25, -0.2) is 9.50 Å². The zero-order valence-corrected chi connectivity index (χ0v) is 10.1. The Bertz CT molecular complexity index is 514. The number of aromatic nitrogens is 3. The first kappa shape index (κ1) is 10.4. The van der Waals surface area contributed by atoms with Crippen molar-refractivity contribution in [1.29, 1.82) is 0 Å². The molecule has 0 aliphatic carbocycles. The number of nitrogens with zero attached hydrogens (tertiary/aromatic N) is 3. The summed E-state index contributed by atoms with van der Waals surface area (Å²) < 4.78 is 1.71. The normalized spacial score (nSPS) is 11.6. The van der Waals surface area contributed by atoms with E-state index in [1.807, 2.05) is 19.9 Å². The molecule has 15 heavy (non-hydrogen) atoms. The van der Waals surface area contributed by atoms with Gasteiger partial charge in [-0.1, -0.05) is 25.4 Å². The SMILES string of the molecule is Cc1cc2nc(C(C)C)nn2c(Cl)c1C. The lowest BCUT2D eigenvalue weighted by Gasteiger charge is -2.03. The monoisotopic (exact) mass is 223 g/mol. The van der Waals surface area contributed by atoms with Gasteiger partial charge in [0.1, 0.15) is 5.15 Å². The molecule has 3 nitrogen and oxygen atoms in total. The summed E-state index contributed by atoms with van der Waals surface area (Å²) in [6, 6.07) is 2.01. The molecular weight excluding hydrogens is 210 g/mol. The van der Waals surface area contributed by atoms with E-state index in [-0.39, 0.29) is 0 Å². The third-order valence-corrected chi connectivity index (χ3v) is 3.04. The summed E-state index contributed by atoms with van der Waals surface area (Å²) in [4.78, 5) is 4.44. The highest BCUT2D eigenvalue weighted by molar-refractivity contribution is 6.30. The molecule has 0 atom stereocenters. The predicted octanol–water partition coefficient (Wildman–Crippen LogP) is 3.12. The van der Waals surface area contributed by atoms with Crippen LogP contribution in [0.1, 0.15) is 36.7 Å². The molecule has 2 rings (SSSR count). The molecule has 0 aliphatic rings. The molecule has 4 heteroatoms. The molecule has 0 unspecified atom stereocenters. The van der Waals surface area contributed by atoms with E-state index < -0.39 is 0 Å². The Kier molecular flexibility index (Phi) is 2.43. The van der Waals surface area contributed by atoms with Crippen LogP contribution in [0.3, 0.4) is 0 Å². The quantitative estimate of drug-likeness (QED) is 0.696. The molecule has 2 aromatic rings. The molecule has 0 bridgehead atoms. The van der Waals surface area contributed by atoms with E-state index in [1.54, 1.807) is 4.52 Å². The van der Waals surface area contributed by atoms with Gasteiger partial charge in [-0.05, 0) is 31.0 Å². The van der Waals surface area contributed by atoms with Crippen molar-refractivity contribution in [3.05, 3.63) is 28.2 Å². The van der Waals surface area contributed by atoms with Crippen LogP contribution in [-0.4, -0.2) is 14.6 Å². The van der Waals surface area contributed by atoms with Gasteiger partial charge in [0.05, 0.1) is 0 Å². The maximum Gasteiger partial charge on any atom is 0.157 e. The van der Waals surface area contributed by atoms with E-state index in [0.717, 1.165) is 22.6 Å². The average molecular weight is 224 g/mol. The number of aryl methyl sites for hydroxylation is 1. The summed E-state index contributed by atoms with van der Waals surface area (Å²) in [5.74, 6) is 1.16. The van der Waals surface area contributed by atoms with Gasteiger partial charge in [-0.15, -0.1) is 5.10 Å². The van der Waals surface area contributed by atoms with E-state index in [4.69, 9.17) is 11.6 Å². The van der Waals surface area contributed by atoms with Gasteiger partial charge in [0.2, 0.25) is 0 Å². The molecular formula is C11H14ClN3. The number of rotatable bonds is 1. The number of hydrogen-bond donors (Lipinski definition) is 0. The zero-order valence-electron chi connectivity index (χ0n) is 9.37. The molecule has 0 fully saturated rings. The Morgan fingerprint density at radius 3 is 2.60 bits per heavy atom. The van der Waals surface area contributed by atoms with E-state index >= 15 is 0 Å². The van der Waals surface area contributed by atoms with E-state index in [2.05, 4.69) is 23.9 Å². The summed E-state index contributed by atoms with van der Waals surface area (Å²) in [7, 11) is 0. The molecule has 0 saturated carbocycles. The molecule has 0 aromatic carbocycles. The van der Waals surface area contributed by atoms with Gasteiger partial charge in [-0.2, -0.15) is 0 Å². The molecule has 0 spiro atoms. The average Bonchev–Trinajstić information content (AvgIpc) is 2.58. The Morgan fingerprint density at radius 2 is 2.00 bits per heavy atom. The second-order valence-electron chi connectivity index (χ2n) is 4.14. The second kappa shape index (κ2) is 3.49. The first-order chi connectivity index (χ1) is 7.00. The van der Waals surface area contributed by atoms with Crippen molar-refractivity contribution in [2.45, 2.75) is 33.6 Å². The first-order valence-electron chi connectivity index (χ1n) is 5.03. The fraction of sp³-hybridized carbons (Fsp3) is 0.455. The highest BCUT2D eigenvalue weighted by Crippen LogP contribution is 2.22. The highest BCUT2D eigenvalue weighted by atomic mass is 35.5. The van der Waals surface area contributed by atoms with Crippen LogP contribution in [-0.2, 0) is 0 Å². The van der Waals surface area contributed by atoms with E-state index in [1.165, 1.54) is 0 Å². The van der Waals surface area contributed by atoms with Gasteiger partial charge in [0, 0.05) is 5.92 Å². The van der Waals surface area contributed by atoms with Crippen LogP contribution in [0.4, 0.5) is 0 Å². The smallest absolute Gasteiger partial charge is 0.157 e. The summed E-state index contributed by atoms with van der Waals surface area (Å²) in [6.07, 6.45) is 0. The Hall–Kier alpha value is -1.09. The lowest BCUT2D eigenvalue weighted by Crippen LogP contribution is -1.96. The fourth-order valence-electron chi connectivity index (χ4n) is 1.45. The minimum atomic E-state index is 0.321. The highest BCUT2D eigenvalue weighted by Gasteiger charge is 2.12. The lowest BCUT2D eigenvalue weighted by molar-refractivity contribution is 0.764. The summed E-state index contributed by atoms with van der Waals surface area (Å²) in [5, 5.41) is 5.04. The number of pyridine rings is 1. The predicted molar refractivity (Wildman–Crippen MR) is 61.6 cm³/mol. The largest absolute Gasteiger partial charge is 0.212 e. The lowest BCUT2D eigenvalue weighted by atomic mass is 10.2. The topological polar surface area (TPSA) is 30.2 Å². The van der Waals surface area contributed by atoms with Crippen LogP contribution in [0.25, 0.3) is 5.65 Å². The Balaban J connectivity index is 2.76. The number of fused-ring (bicyclic) bond motifs is 1. The van der Waals surface area contributed by atoms with Crippen LogP contribution >= 0.6 is 11.6 Å². The van der Waals surface area contributed by atoms with Gasteiger partial charge in [-0.3, -0.25) is 0 Å². The molecule has 0 aliphatic heterocycles. The maximum absolute atomic E-state index is 6.21. The Labute approximate surface area is 94.1 Å². The van der Waals surface area contributed by atoms with Crippen LogP contribution in [0.15, 0.2) is 6.07 Å². The first-order valence-corrected chi connectivity index (χ1v) is 5.41. The van der Waals surface area contributed by atoms with Crippen LogP contribution in [0.2, 0.25) is 5.15 Å². The minimum Gasteiger partial charge on any atom is -0.212 e. The molecule has 80 valence electrons. The fourth-order valence-corrected chi connectivity index (χ4v) is 1.72. The minimum absolute atomic E-state index is 0.321. The molecule has 0 N–H and O–H groups in total. The van der Waals surface area contributed by atoms with Gasteiger partial charge >= 0.3 is 0 Å². The molecule has 0 saturated heterocycles. The van der Waals surface area contributed by atoms with Crippen molar-refractivity contribution >= 4 is 17.2 Å². The third-order valence-electron chi connectivity index (χ3n) is 2.60. The van der Waals surface area contributed by atoms with Crippen molar-refractivity contribution < 1.29 is 0 Å². The van der Waals surface area contributed by atoms with Crippen molar-refractivity contribution in [2.24, 2.45) is 0 Å². The maximum atomic E-state index is 6.21. The Morgan fingerprint density at radius 1 is 1.33 bits per heavy atom. The van der Waals surface area contributed by atoms with E-state index in [9.17, 15) is 0 Å². The van der Waals surface area contributed by atoms with Gasteiger partial charge in [0.25, 0.3) is 0 Å². The molecule has 0 radical (unpaired) electrons. The van der Waals surface area contributed by atoms with Crippen molar-refractivity contribution in [3.63, 3.8) is 0 Å². The summed E-state index contributed by atoms with van der Waals surface area (Å²) in [5.41, 5.74) is 3.03. The molecule has 2 aromatic heterocycles. The van der Waals surface area contributed by atoms with Crippen LogP contribution in [0, 0.1) is 13.8 Å². The molecule has 2 heterocycles. The van der Waals surface area contributed by atoms with Gasteiger partial charge < -0.3 is 0 Å². The number of halogens is 1. The number of hydrogen-bond acceptors (Lipinski definition) is 2. The molecule has 0 amide bonds. The third kappa shape index (κ3) is 1.61. The van der Waals surface area contributed by atoms with Crippen molar-refractivity contribution in [3.8, 4) is 0 Å². The second-order valence-corrected chi connectivity index (χ2v) is 4.50. The van der Waals surface area contributed by atoms with E-state index in [0.29, 0.717) is 11.1 Å². The standard InChI is InChI=1S/C11H14ClN3/c1-6(2)11-13-9-5-7(3)8(4)10(12)15(9)14-11/h5-6H,1-4H3. The van der Waals surface area contributed by atoms with Crippen LogP contribution < -0.4 is 0 Å². The summed E-state index contributed by atoms with van der Waals surface area (Å²) in [6.45, 7) is 8.17. The summed E-state index contributed by atoms with van der Waals surface area (Å²) >= 11 is 6.21. The zero-order chi connectivity index (χ0) is 11.2.